The molecule has 0 fully saturated rings. The van der Waals surface area contributed by atoms with E-state index in [1.165, 1.54) is 12.2 Å². The van der Waals surface area contributed by atoms with E-state index in [2.05, 4.69) is 0 Å². The lowest BCUT2D eigenvalue weighted by Gasteiger charge is -2.28. The molecule has 0 aliphatic carbocycles. The van der Waals surface area contributed by atoms with Crippen LogP contribution in [0.3, 0.4) is 0 Å². The highest BCUT2D eigenvalue weighted by atomic mass is 16.7. The van der Waals surface area contributed by atoms with E-state index >= 15 is 0 Å². The topological polar surface area (TPSA) is 99.4 Å². The van der Waals surface area contributed by atoms with E-state index in [0.717, 1.165) is 12.5 Å². The quantitative estimate of drug-likeness (QED) is 0.335. The molecule has 88 valence electrons. The molecule has 0 bridgehead atoms. The van der Waals surface area contributed by atoms with Gasteiger partial charge in [0.1, 0.15) is 0 Å². The predicted molar refractivity (Wildman–Crippen MR) is 52.3 cm³/mol. The summed E-state index contributed by atoms with van der Waals surface area (Å²) in [5.74, 6) is -1.53. The third kappa shape index (κ3) is 5.38. The summed E-state index contributed by atoms with van der Waals surface area (Å²) in [5.41, 5.74) is 0. The van der Waals surface area contributed by atoms with Gasteiger partial charge in [0.2, 0.25) is 5.79 Å². The van der Waals surface area contributed by atoms with Crippen LogP contribution in [-0.2, 0) is 9.47 Å². The Morgan fingerprint density at radius 1 is 0.867 bits per heavy atom. The van der Waals surface area contributed by atoms with E-state index in [1.54, 1.807) is 0 Å². The Balaban J connectivity index is 4.16. The lowest BCUT2D eigenvalue weighted by Crippen LogP contribution is -2.44. The van der Waals surface area contributed by atoms with Crippen LogP contribution in [0.15, 0.2) is 24.7 Å². The molecule has 15 heavy (non-hydrogen) atoms. The van der Waals surface area contributed by atoms with Crippen LogP contribution in [-0.4, -0.2) is 52.6 Å². The molecule has 0 aromatic rings. The highest BCUT2D eigenvalue weighted by molar-refractivity contribution is 4.78. The second-order valence-corrected chi connectivity index (χ2v) is 2.62. The SMILES string of the molecule is OC=CCOC(CO)(CO)OCC=CO. The summed E-state index contributed by atoms with van der Waals surface area (Å²) in [6, 6.07) is 0. The molecule has 0 rings (SSSR count). The number of rotatable bonds is 8. The van der Waals surface area contributed by atoms with Crippen molar-refractivity contribution in [2.24, 2.45) is 0 Å². The fourth-order valence-corrected chi connectivity index (χ4v) is 0.760. The Morgan fingerprint density at radius 3 is 1.53 bits per heavy atom. The maximum absolute atomic E-state index is 8.99. The zero-order valence-corrected chi connectivity index (χ0v) is 8.24. The maximum atomic E-state index is 8.99. The van der Waals surface area contributed by atoms with Gasteiger partial charge in [0, 0.05) is 0 Å². The fourth-order valence-electron chi connectivity index (χ4n) is 0.760. The van der Waals surface area contributed by atoms with Gasteiger partial charge in [0.25, 0.3) is 0 Å². The van der Waals surface area contributed by atoms with Crippen molar-refractivity contribution in [3.05, 3.63) is 24.7 Å². The van der Waals surface area contributed by atoms with E-state index in [0.29, 0.717) is 0 Å². The van der Waals surface area contributed by atoms with Crippen LogP contribution >= 0.6 is 0 Å². The molecule has 0 unspecified atom stereocenters. The molecule has 4 N–H and O–H groups in total. The first kappa shape index (κ1) is 13.9. The van der Waals surface area contributed by atoms with Gasteiger partial charge >= 0.3 is 0 Å². The Morgan fingerprint density at radius 2 is 1.27 bits per heavy atom. The van der Waals surface area contributed by atoms with Gasteiger partial charge in [-0.3, -0.25) is 0 Å². The number of aliphatic hydroxyl groups is 4. The molecule has 0 saturated carbocycles. The standard InChI is InChI=1S/C9H16O6/c10-3-1-5-14-9(7-12,8-13)15-6-2-4-11/h1-4,10-13H,5-8H2. The number of aliphatic hydroxyl groups excluding tert-OH is 4. The van der Waals surface area contributed by atoms with E-state index in [4.69, 9.17) is 29.9 Å². The van der Waals surface area contributed by atoms with Crippen molar-refractivity contribution in [2.45, 2.75) is 5.79 Å². The Hall–Kier alpha value is -1.08. The van der Waals surface area contributed by atoms with Crippen LogP contribution in [0.1, 0.15) is 0 Å². The van der Waals surface area contributed by atoms with E-state index in [1.807, 2.05) is 0 Å². The lowest BCUT2D eigenvalue weighted by molar-refractivity contribution is -0.261. The Bertz CT molecular complexity index is 179. The summed E-state index contributed by atoms with van der Waals surface area (Å²) in [4.78, 5) is 0. The van der Waals surface area contributed by atoms with Crippen molar-refractivity contribution in [3.8, 4) is 0 Å². The van der Waals surface area contributed by atoms with E-state index in [-0.39, 0.29) is 13.2 Å². The van der Waals surface area contributed by atoms with Gasteiger partial charge in [0.05, 0.1) is 39.0 Å². The van der Waals surface area contributed by atoms with Crippen LogP contribution < -0.4 is 0 Å². The molecule has 0 radical (unpaired) electrons. The zero-order chi connectivity index (χ0) is 11.6. The van der Waals surface area contributed by atoms with Gasteiger partial charge < -0.3 is 29.9 Å². The Labute approximate surface area is 87.7 Å². The van der Waals surface area contributed by atoms with Gasteiger partial charge in [-0.15, -0.1) is 0 Å². The minimum absolute atomic E-state index is 0.0134. The van der Waals surface area contributed by atoms with Gasteiger partial charge in [-0.25, -0.2) is 0 Å². The molecule has 0 aromatic heterocycles. The van der Waals surface area contributed by atoms with Gasteiger partial charge in [0.15, 0.2) is 0 Å². The van der Waals surface area contributed by atoms with Gasteiger partial charge in [-0.05, 0) is 12.2 Å². The Kier molecular flexibility index (Phi) is 7.65. The molecule has 0 aliphatic heterocycles. The average molecular weight is 220 g/mol. The second kappa shape index (κ2) is 8.25. The third-order valence-corrected chi connectivity index (χ3v) is 1.58. The summed E-state index contributed by atoms with van der Waals surface area (Å²) in [5, 5.41) is 34.7. The molecule has 0 spiro atoms. The molecule has 6 heteroatoms. The summed E-state index contributed by atoms with van der Waals surface area (Å²) >= 11 is 0. The van der Waals surface area contributed by atoms with Crippen molar-refractivity contribution in [2.75, 3.05) is 26.4 Å². The molecule has 0 aromatic carbocycles. The number of hydrogen-bond acceptors (Lipinski definition) is 6. The van der Waals surface area contributed by atoms with Crippen LogP contribution in [0.5, 0.6) is 0 Å². The van der Waals surface area contributed by atoms with Crippen molar-refractivity contribution >= 4 is 0 Å². The second-order valence-electron chi connectivity index (χ2n) is 2.62. The number of hydrogen-bond donors (Lipinski definition) is 4. The summed E-state index contributed by atoms with van der Waals surface area (Å²) in [6.07, 6.45) is 4.14. The summed E-state index contributed by atoms with van der Waals surface area (Å²) in [6.45, 7) is -1.11. The van der Waals surface area contributed by atoms with Crippen molar-refractivity contribution in [3.63, 3.8) is 0 Å². The fraction of sp³-hybridized carbons (Fsp3) is 0.556. The van der Waals surface area contributed by atoms with Gasteiger partial charge in [-0.1, -0.05) is 0 Å². The average Bonchev–Trinajstić information content (AvgIpc) is 2.28. The third-order valence-electron chi connectivity index (χ3n) is 1.58. The minimum atomic E-state index is -1.53. The number of ether oxygens (including phenoxy) is 2. The molecule has 0 aliphatic rings. The summed E-state index contributed by atoms with van der Waals surface area (Å²) < 4.78 is 10.1. The van der Waals surface area contributed by atoms with E-state index in [9.17, 15) is 0 Å². The molecule has 0 saturated heterocycles. The van der Waals surface area contributed by atoms with Gasteiger partial charge in [-0.2, -0.15) is 0 Å². The highest BCUT2D eigenvalue weighted by Crippen LogP contribution is 2.12. The van der Waals surface area contributed by atoms with Crippen molar-refractivity contribution < 1.29 is 29.9 Å². The zero-order valence-electron chi connectivity index (χ0n) is 8.24. The van der Waals surface area contributed by atoms with Crippen LogP contribution in [0.4, 0.5) is 0 Å². The van der Waals surface area contributed by atoms with E-state index < -0.39 is 19.0 Å². The van der Waals surface area contributed by atoms with Crippen molar-refractivity contribution in [1.82, 2.24) is 0 Å². The molecular weight excluding hydrogens is 204 g/mol. The smallest absolute Gasteiger partial charge is 0.216 e. The van der Waals surface area contributed by atoms with Crippen LogP contribution in [0, 0.1) is 0 Å². The maximum Gasteiger partial charge on any atom is 0.216 e. The van der Waals surface area contributed by atoms with Crippen LogP contribution in [0.25, 0.3) is 0 Å². The molecule has 0 amide bonds. The minimum Gasteiger partial charge on any atom is -0.516 e. The molecule has 0 atom stereocenters. The molecule has 6 nitrogen and oxygen atoms in total. The lowest BCUT2D eigenvalue weighted by atomic mass is 10.3. The molecule has 0 heterocycles. The monoisotopic (exact) mass is 220 g/mol. The molecular formula is C9H16O6. The first-order valence-electron chi connectivity index (χ1n) is 4.32. The first-order chi connectivity index (χ1) is 7.24. The van der Waals surface area contributed by atoms with Crippen molar-refractivity contribution in [1.29, 1.82) is 0 Å². The predicted octanol–water partition coefficient (Wildman–Crippen LogP) is -0.156. The largest absolute Gasteiger partial charge is 0.516 e. The van der Waals surface area contributed by atoms with Crippen LogP contribution in [0.2, 0.25) is 0 Å². The normalized spacial score (nSPS) is 12.9. The highest BCUT2D eigenvalue weighted by Gasteiger charge is 2.30. The first-order valence-corrected chi connectivity index (χ1v) is 4.32. The summed E-state index contributed by atoms with van der Waals surface area (Å²) in [7, 11) is 0.